The van der Waals surface area contributed by atoms with Gasteiger partial charge in [0, 0.05) is 12.6 Å². The number of nitrogen functional groups attached to an aromatic ring is 1. The second kappa shape index (κ2) is 7.78. The highest BCUT2D eigenvalue weighted by Crippen LogP contribution is 2.41. The summed E-state index contributed by atoms with van der Waals surface area (Å²) in [5.41, 5.74) is 4.95. The Morgan fingerprint density at radius 3 is 2.47 bits per heavy atom. The number of hydrogen-bond donors (Lipinski definition) is 2. The van der Waals surface area contributed by atoms with Crippen LogP contribution in [0.1, 0.15) is 41.0 Å². The van der Waals surface area contributed by atoms with E-state index in [1.54, 1.807) is 6.07 Å². The van der Waals surface area contributed by atoms with Crippen LogP contribution in [-0.4, -0.2) is 11.3 Å². The van der Waals surface area contributed by atoms with Gasteiger partial charge in [-0.25, -0.2) is 22.5 Å². The van der Waals surface area contributed by atoms with Crippen LogP contribution >= 0.6 is 0 Å². The van der Waals surface area contributed by atoms with Gasteiger partial charge in [-0.3, -0.25) is 4.79 Å². The first kappa shape index (κ1) is 19.9. The smallest absolute Gasteiger partial charge is 0.235 e. The largest absolute Gasteiger partial charge is 0.381 e. The Morgan fingerprint density at radius 2 is 1.80 bits per heavy atom. The lowest BCUT2D eigenvalue weighted by Crippen LogP contribution is -2.08. The Hall–Kier alpha value is -3.42. The van der Waals surface area contributed by atoms with E-state index in [2.05, 4.69) is 10.3 Å². The van der Waals surface area contributed by atoms with Crippen molar-refractivity contribution in [1.29, 1.82) is 0 Å². The van der Waals surface area contributed by atoms with Crippen molar-refractivity contribution < 1.29 is 22.4 Å². The number of hydrogen-bond acceptors (Lipinski definition) is 4. The predicted molar refractivity (Wildman–Crippen MR) is 104 cm³/mol. The molecule has 4 nitrogen and oxygen atoms in total. The Kier molecular flexibility index (Phi) is 5.15. The maximum absolute atomic E-state index is 14.8. The molecule has 1 aliphatic carbocycles. The molecule has 1 radical (unpaired) electrons. The molecule has 3 aromatic rings. The number of rotatable bonds is 6. The quantitative estimate of drug-likeness (QED) is 0.564. The predicted octanol–water partition coefficient (Wildman–Crippen LogP) is 4.89. The first-order valence-corrected chi connectivity index (χ1v) is 9.23. The second-order valence-corrected chi connectivity index (χ2v) is 7.17. The number of halogens is 4. The third-order valence-electron chi connectivity index (χ3n) is 5.07. The van der Waals surface area contributed by atoms with Gasteiger partial charge in [0.2, 0.25) is 6.29 Å². The van der Waals surface area contributed by atoms with Gasteiger partial charge in [-0.2, -0.15) is 0 Å². The van der Waals surface area contributed by atoms with Crippen LogP contribution in [0.25, 0.3) is 0 Å². The first-order chi connectivity index (χ1) is 14.4. The highest BCUT2D eigenvalue weighted by atomic mass is 19.2. The van der Waals surface area contributed by atoms with Crippen LogP contribution in [-0.2, 0) is 11.2 Å². The summed E-state index contributed by atoms with van der Waals surface area (Å²) in [5.74, 6) is -4.23. The van der Waals surface area contributed by atoms with Crippen molar-refractivity contribution >= 4 is 23.5 Å². The molecule has 0 spiro atoms. The molecule has 153 valence electrons. The molecule has 0 atom stereocenters. The van der Waals surface area contributed by atoms with Crippen molar-refractivity contribution in [3.8, 4) is 0 Å². The average Bonchev–Trinajstić information content (AvgIpc) is 3.57. The monoisotopic (exact) mass is 414 g/mol. The number of carbonyl (C=O) groups excluding carboxylic acids is 1. The third-order valence-corrected chi connectivity index (χ3v) is 5.07. The number of anilines is 3. The van der Waals surface area contributed by atoms with E-state index < -0.39 is 29.0 Å². The number of pyridine rings is 1. The molecule has 0 amide bonds. The lowest BCUT2D eigenvalue weighted by atomic mass is 10.0. The molecule has 8 heteroatoms. The van der Waals surface area contributed by atoms with Crippen LogP contribution in [0, 0.1) is 23.3 Å². The summed E-state index contributed by atoms with van der Waals surface area (Å²) < 4.78 is 57.9. The van der Waals surface area contributed by atoms with E-state index in [4.69, 9.17) is 5.73 Å². The van der Waals surface area contributed by atoms with Crippen molar-refractivity contribution in [1.82, 2.24) is 4.98 Å². The van der Waals surface area contributed by atoms with Gasteiger partial charge in [0.15, 0.2) is 23.3 Å². The lowest BCUT2D eigenvalue weighted by Gasteiger charge is -2.15. The molecule has 0 saturated heterocycles. The minimum absolute atomic E-state index is 0.0138. The fourth-order valence-corrected chi connectivity index (χ4v) is 3.29. The van der Waals surface area contributed by atoms with Crippen molar-refractivity contribution in [3.63, 3.8) is 0 Å². The molecule has 4 rings (SSSR count). The first-order valence-electron chi connectivity index (χ1n) is 9.23. The maximum Gasteiger partial charge on any atom is 0.235 e. The molecule has 0 unspecified atom stereocenters. The van der Waals surface area contributed by atoms with Crippen molar-refractivity contribution in [2.24, 2.45) is 0 Å². The summed E-state index contributed by atoms with van der Waals surface area (Å²) in [5, 5.41) is 2.44. The number of nitrogens with two attached hydrogens (primary N) is 1. The summed E-state index contributed by atoms with van der Waals surface area (Å²) in [6.45, 7) is 0. The topological polar surface area (TPSA) is 68.0 Å². The van der Waals surface area contributed by atoms with E-state index in [0.29, 0.717) is 5.92 Å². The van der Waals surface area contributed by atoms with E-state index in [9.17, 15) is 22.4 Å². The Morgan fingerprint density at radius 1 is 1.03 bits per heavy atom. The molecule has 1 heterocycles. The number of aromatic nitrogens is 1. The summed E-state index contributed by atoms with van der Waals surface area (Å²) >= 11 is 0. The lowest BCUT2D eigenvalue weighted by molar-refractivity contribution is 0.501. The van der Waals surface area contributed by atoms with Gasteiger partial charge in [-0.15, -0.1) is 0 Å². The molecule has 1 aliphatic rings. The average molecular weight is 414 g/mol. The van der Waals surface area contributed by atoms with Crippen molar-refractivity contribution in [2.45, 2.75) is 25.2 Å². The normalized spacial score (nSPS) is 13.3. The molecule has 1 fully saturated rings. The number of nitrogens with zero attached hydrogens (tertiary/aromatic N) is 1. The molecule has 0 aliphatic heterocycles. The zero-order chi connectivity index (χ0) is 21.4. The number of benzene rings is 2. The van der Waals surface area contributed by atoms with Crippen molar-refractivity contribution in [3.05, 3.63) is 82.1 Å². The third kappa shape index (κ3) is 3.72. The van der Waals surface area contributed by atoms with Crippen molar-refractivity contribution in [2.75, 3.05) is 11.1 Å². The Balaban J connectivity index is 1.68. The van der Waals surface area contributed by atoms with Gasteiger partial charge in [0.05, 0.1) is 16.9 Å². The zero-order valence-electron chi connectivity index (χ0n) is 15.6. The Labute approximate surface area is 169 Å². The molecular weight excluding hydrogens is 398 g/mol. The van der Waals surface area contributed by atoms with Gasteiger partial charge in [0.25, 0.3) is 0 Å². The van der Waals surface area contributed by atoms with Crippen LogP contribution in [0.5, 0.6) is 0 Å². The van der Waals surface area contributed by atoms with Crippen LogP contribution < -0.4 is 11.1 Å². The fraction of sp³-hybridized carbons (Fsp3) is 0.182. The van der Waals surface area contributed by atoms with Gasteiger partial charge < -0.3 is 11.1 Å². The molecule has 30 heavy (non-hydrogen) atoms. The summed E-state index contributed by atoms with van der Waals surface area (Å²) in [6.07, 6.45) is 4.37. The van der Waals surface area contributed by atoms with Crippen LogP contribution in [0.3, 0.4) is 0 Å². The summed E-state index contributed by atoms with van der Waals surface area (Å²) in [7, 11) is 0. The second-order valence-electron chi connectivity index (χ2n) is 7.17. The SMILES string of the molecule is Nc1nccc(Cc2cc([C]=O)c(Nc3ccc(C4CC4)cc3F)c(F)c2F)c1F. The highest BCUT2D eigenvalue weighted by Gasteiger charge is 2.25. The minimum atomic E-state index is -1.39. The van der Waals surface area contributed by atoms with E-state index in [1.165, 1.54) is 30.7 Å². The summed E-state index contributed by atoms with van der Waals surface area (Å²) in [4.78, 5) is 15.0. The van der Waals surface area contributed by atoms with E-state index in [1.807, 2.05) is 0 Å². The molecule has 0 bridgehead atoms. The zero-order valence-corrected chi connectivity index (χ0v) is 15.6. The van der Waals surface area contributed by atoms with Gasteiger partial charge in [-0.05, 0) is 59.7 Å². The van der Waals surface area contributed by atoms with Gasteiger partial charge in [-0.1, -0.05) is 6.07 Å². The van der Waals surface area contributed by atoms with Crippen LogP contribution in [0.15, 0.2) is 36.5 Å². The minimum Gasteiger partial charge on any atom is -0.381 e. The molecule has 3 N–H and O–H groups in total. The fourth-order valence-electron chi connectivity index (χ4n) is 3.29. The standard InChI is InChI=1S/C22H16F4N3O/c23-16-9-12(11-1-2-11)3-4-17(16)29-21-15(10-30)8-14(18(24)20(21)26)7-13-5-6-28-22(27)19(13)25/h3-6,8-9,11,29H,1-2,7H2,(H2,27,28). The van der Waals surface area contributed by atoms with Crippen LogP contribution in [0.4, 0.5) is 34.8 Å². The molecule has 1 aromatic heterocycles. The molecular formula is C22H16F4N3O. The highest BCUT2D eigenvalue weighted by molar-refractivity contribution is 5.87. The van der Waals surface area contributed by atoms with E-state index in [0.717, 1.165) is 24.5 Å². The van der Waals surface area contributed by atoms with E-state index >= 15 is 0 Å². The summed E-state index contributed by atoms with van der Waals surface area (Å²) in [6, 6.07) is 6.77. The Bertz CT molecular complexity index is 1150. The van der Waals surface area contributed by atoms with E-state index in [-0.39, 0.29) is 34.6 Å². The van der Waals surface area contributed by atoms with Crippen LogP contribution in [0.2, 0.25) is 0 Å². The number of nitrogens with one attached hydrogen (secondary N) is 1. The molecule has 2 aromatic carbocycles. The molecule has 1 saturated carbocycles. The van der Waals surface area contributed by atoms with Gasteiger partial charge in [0.1, 0.15) is 5.82 Å². The maximum atomic E-state index is 14.8. The van der Waals surface area contributed by atoms with Gasteiger partial charge >= 0.3 is 0 Å².